The van der Waals surface area contributed by atoms with Crippen LogP contribution in [-0.4, -0.2) is 24.1 Å². The number of fused-ring (bicyclic) bond motifs is 1. The van der Waals surface area contributed by atoms with Gasteiger partial charge in [-0.2, -0.15) is 0 Å². The van der Waals surface area contributed by atoms with Crippen LogP contribution in [0.1, 0.15) is 47.0 Å². The van der Waals surface area contributed by atoms with Crippen molar-refractivity contribution in [2.75, 3.05) is 6.26 Å². The fourth-order valence-electron chi connectivity index (χ4n) is 3.64. The maximum atomic E-state index is 12.3. The SMILES string of the molecule is CS/C=C\C(=O)O[C@@H]1CCC2=CC(=O)C(=C(C)C)C[C@]2(C)[C@H]1C. The molecule has 3 nitrogen and oxygen atoms in total. The summed E-state index contributed by atoms with van der Waals surface area (Å²) in [5.74, 6) is 0.0705. The second-order valence-electron chi connectivity index (χ2n) is 6.95. The Morgan fingerprint density at radius 1 is 1.43 bits per heavy atom. The molecule has 2 rings (SSSR count). The molecule has 0 unspecified atom stereocenters. The van der Waals surface area contributed by atoms with E-state index >= 15 is 0 Å². The summed E-state index contributed by atoms with van der Waals surface area (Å²) in [6.07, 6.45) is 7.49. The first-order valence-electron chi connectivity index (χ1n) is 8.11. The fourth-order valence-corrected chi connectivity index (χ4v) is 3.89. The molecule has 0 N–H and O–H groups in total. The summed E-state index contributed by atoms with van der Waals surface area (Å²) in [6, 6.07) is 0. The quantitative estimate of drug-likeness (QED) is 0.565. The van der Waals surface area contributed by atoms with Gasteiger partial charge in [0.25, 0.3) is 0 Å². The van der Waals surface area contributed by atoms with Crippen LogP contribution in [-0.2, 0) is 14.3 Å². The number of hydrogen-bond donors (Lipinski definition) is 0. The third-order valence-corrected chi connectivity index (χ3v) is 5.76. The molecule has 0 bridgehead atoms. The predicted octanol–water partition coefficient (Wildman–Crippen LogP) is 4.45. The van der Waals surface area contributed by atoms with Gasteiger partial charge in [0, 0.05) is 12.0 Å². The standard InChI is InChI=1S/C19H26O3S/c1-12(2)15-11-19(4)13(3)17(22-18(21)8-9-23-5)7-6-14(19)10-16(15)20/h8-10,13,17H,6-7,11H2,1-5H3/b9-8-/t13-,17+,19+/m0/s1. The summed E-state index contributed by atoms with van der Waals surface area (Å²) < 4.78 is 5.68. The van der Waals surface area contributed by atoms with E-state index in [1.807, 2.05) is 26.2 Å². The topological polar surface area (TPSA) is 43.4 Å². The summed E-state index contributed by atoms with van der Waals surface area (Å²) in [4.78, 5) is 24.2. The monoisotopic (exact) mass is 334 g/mol. The van der Waals surface area contributed by atoms with Crippen LogP contribution in [0.5, 0.6) is 0 Å². The van der Waals surface area contributed by atoms with Crippen molar-refractivity contribution in [3.63, 3.8) is 0 Å². The van der Waals surface area contributed by atoms with Gasteiger partial charge in [-0.25, -0.2) is 4.79 Å². The molecule has 0 aromatic rings. The summed E-state index contributed by atoms with van der Waals surface area (Å²) in [7, 11) is 0. The lowest BCUT2D eigenvalue weighted by molar-refractivity contribution is -0.149. The lowest BCUT2D eigenvalue weighted by Crippen LogP contribution is -2.44. The van der Waals surface area contributed by atoms with Crippen molar-refractivity contribution >= 4 is 23.5 Å². The Bertz CT molecular complexity index is 596. The number of esters is 1. The Morgan fingerprint density at radius 3 is 2.74 bits per heavy atom. The molecule has 0 radical (unpaired) electrons. The molecular weight excluding hydrogens is 308 g/mol. The van der Waals surface area contributed by atoms with E-state index in [1.54, 1.807) is 5.41 Å². The van der Waals surface area contributed by atoms with Gasteiger partial charge < -0.3 is 4.74 Å². The van der Waals surface area contributed by atoms with Gasteiger partial charge in [-0.3, -0.25) is 4.79 Å². The molecule has 3 atom stereocenters. The minimum Gasteiger partial charge on any atom is -0.459 e. The van der Waals surface area contributed by atoms with E-state index in [4.69, 9.17) is 4.74 Å². The normalized spacial score (nSPS) is 30.9. The maximum absolute atomic E-state index is 12.3. The van der Waals surface area contributed by atoms with E-state index in [9.17, 15) is 9.59 Å². The molecular formula is C19H26O3S. The van der Waals surface area contributed by atoms with Crippen molar-refractivity contribution in [3.8, 4) is 0 Å². The average molecular weight is 334 g/mol. The minimum absolute atomic E-state index is 0.0947. The van der Waals surface area contributed by atoms with Gasteiger partial charge in [-0.15, -0.1) is 11.8 Å². The molecule has 23 heavy (non-hydrogen) atoms. The number of rotatable bonds is 3. The highest BCUT2D eigenvalue weighted by molar-refractivity contribution is 8.01. The van der Waals surface area contributed by atoms with Gasteiger partial charge in [0.1, 0.15) is 6.10 Å². The van der Waals surface area contributed by atoms with Crippen molar-refractivity contribution in [2.24, 2.45) is 11.3 Å². The van der Waals surface area contributed by atoms with Gasteiger partial charge in [-0.05, 0) is 61.8 Å². The molecule has 2 aliphatic carbocycles. The zero-order valence-corrected chi connectivity index (χ0v) is 15.5. The summed E-state index contributed by atoms with van der Waals surface area (Å²) in [5.41, 5.74) is 3.11. The average Bonchev–Trinajstić information content (AvgIpc) is 2.49. The smallest absolute Gasteiger partial charge is 0.331 e. The van der Waals surface area contributed by atoms with E-state index in [0.717, 1.165) is 30.4 Å². The van der Waals surface area contributed by atoms with Crippen LogP contribution in [0.4, 0.5) is 0 Å². The van der Waals surface area contributed by atoms with Gasteiger partial charge >= 0.3 is 5.97 Å². The molecule has 4 heteroatoms. The maximum Gasteiger partial charge on any atom is 0.331 e. The molecule has 2 aliphatic rings. The molecule has 0 spiro atoms. The third kappa shape index (κ3) is 3.63. The molecule has 0 heterocycles. The van der Waals surface area contributed by atoms with Gasteiger partial charge in [0.2, 0.25) is 0 Å². The molecule has 0 amide bonds. The first-order chi connectivity index (χ1) is 10.8. The predicted molar refractivity (Wildman–Crippen MR) is 95.1 cm³/mol. The largest absolute Gasteiger partial charge is 0.459 e. The Kier molecular flexibility index (Phi) is 5.56. The first kappa shape index (κ1) is 18.1. The number of ketones is 1. The second-order valence-corrected chi connectivity index (χ2v) is 7.69. The van der Waals surface area contributed by atoms with Crippen molar-refractivity contribution in [1.29, 1.82) is 0 Å². The summed E-state index contributed by atoms with van der Waals surface area (Å²) in [5, 5.41) is 1.74. The molecule has 126 valence electrons. The zero-order chi connectivity index (χ0) is 17.2. The van der Waals surface area contributed by atoms with Gasteiger partial charge in [0.05, 0.1) is 0 Å². The number of ether oxygens (including phenoxy) is 1. The van der Waals surface area contributed by atoms with Gasteiger partial charge in [0.15, 0.2) is 5.78 Å². The zero-order valence-electron chi connectivity index (χ0n) is 14.6. The minimum atomic E-state index is -0.276. The molecule has 0 saturated heterocycles. The van der Waals surface area contributed by atoms with Crippen molar-refractivity contribution < 1.29 is 14.3 Å². The summed E-state index contributed by atoms with van der Waals surface area (Å²) in [6.45, 7) is 8.33. The van der Waals surface area contributed by atoms with Crippen LogP contribution in [0.25, 0.3) is 0 Å². The van der Waals surface area contributed by atoms with Crippen LogP contribution in [0, 0.1) is 11.3 Å². The summed E-state index contributed by atoms with van der Waals surface area (Å²) >= 11 is 1.48. The van der Waals surface area contributed by atoms with Crippen LogP contribution < -0.4 is 0 Å². The number of allylic oxidation sites excluding steroid dienone is 4. The Labute approximate surface area is 143 Å². The van der Waals surface area contributed by atoms with Crippen LogP contribution in [0.2, 0.25) is 0 Å². The third-order valence-electron chi connectivity index (χ3n) is 5.35. The van der Waals surface area contributed by atoms with E-state index in [1.165, 1.54) is 23.4 Å². The molecule has 0 aliphatic heterocycles. The lowest BCUT2D eigenvalue weighted by Gasteiger charge is -2.48. The first-order valence-corrected chi connectivity index (χ1v) is 9.40. The molecule has 0 aromatic heterocycles. The Hall–Kier alpha value is -1.29. The van der Waals surface area contributed by atoms with Crippen molar-refractivity contribution in [3.05, 3.63) is 34.3 Å². The van der Waals surface area contributed by atoms with E-state index in [2.05, 4.69) is 13.8 Å². The Balaban J connectivity index is 2.23. The number of hydrogen-bond acceptors (Lipinski definition) is 4. The number of thioether (sulfide) groups is 1. The van der Waals surface area contributed by atoms with Gasteiger partial charge in [-0.1, -0.05) is 25.0 Å². The van der Waals surface area contributed by atoms with Crippen LogP contribution in [0.15, 0.2) is 34.3 Å². The van der Waals surface area contributed by atoms with Crippen molar-refractivity contribution in [2.45, 2.75) is 53.1 Å². The lowest BCUT2D eigenvalue weighted by atomic mass is 9.58. The van der Waals surface area contributed by atoms with E-state index in [-0.39, 0.29) is 29.2 Å². The van der Waals surface area contributed by atoms with E-state index in [0.29, 0.717) is 0 Å². The van der Waals surface area contributed by atoms with Crippen molar-refractivity contribution in [1.82, 2.24) is 0 Å². The Morgan fingerprint density at radius 2 is 2.13 bits per heavy atom. The van der Waals surface area contributed by atoms with Crippen LogP contribution in [0.3, 0.4) is 0 Å². The molecule has 0 aromatic carbocycles. The molecule has 1 saturated carbocycles. The highest BCUT2D eigenvalue weighted by Crippen LogP contribution is 2.52. The van der Waals surface area contributed by atoms with Crippen LogP contribution >= 0.6 is 11.8 Å². The highest BCUT2D eigenvalue weighted by Gasteiger charge is 2.47. The number of carbonyl (C=O) groups excluding carboxylic acids is 2. The molecule has 1 fully saturated rings. The second kappa shape index (κ2) is 7.08. The highest BCUT2D eigenvalue weighted by atomic mass is 32.2. The van der Waals surface area contributed by atoms with E-state index < -0.39 is 0 Å². The number of carbonyl (C=O) groups is 2. The fraction of sp³-hybridized carbons (Fsp3) is 0.579.